The van der Waals surface area contributed by atoms with Crippen molar-refractivity contribution < 1.29 is 4.39 Å². The van der Waals surface area contributed by atoms with E-state index >= 15 is 0 Å². The number of benzene rings is 1. The number of halogens is 1. The zero-order chi connectivity index (χ0) is 20.8. The third-order valence-electron chi connectivity index (χ3n) is 5.14. The fourth-order valence-corrected chi connectivity index (χ4v) is 3.67. The number of nitrogens with zero attached hydrogens (tertiary/aromatic N) is 5. The average molecular weight is 407 g/mol. The first-order chi connectivity index (χ1) is 15.3. The van der Waals surface area contributed by atoms with Gasteiger partial charge in [-0.3, -0.25) is 10.1 Å². The fraction of sp³-hybridized carbons (Fsp3) is 0. The normalized spacial score (nSPS) is 11.4. The summed E-state index contributed by atoms with van der Waals surface area (Å²) < 4.78 is 13.8. The molecule has 0 amide bonds. The zero-order valence-corrected chi connectivity index (χ0v) is 16.0. The molecule has 0 spiro atoms. The van der Waals surface area contributed by atoms with Crippen molar-refractivity contribution in [2.24, 2.45) is 0 Å². The molecule has 6 rings (SSSR count). The molecule has 0 aliphatic carbocycles. The molecule has 1 aromatic carbocycles. The topological polar surface area (TPSA) is 96.0 Å². The minimum Gasteiger partial charge on any atom is -0.335 e. The van der Waals surface area contributed by atoms with Gasteiger partial charge < -0.3 is 4.98 Å². The van der Waals surface area contributed by atoms with Gasteiger partial charge >= 0.3 is 0 Å². The number of hydrogen-bond acceptors (Lipinski definition) is 5. The van der Waals surface area contributed by atoms with Crippen LogP contribution in [0.3, 0.4) is 0 Å². The van der Waals surface area contributed by atoms with Gasteiger partial charge in [0.2, 0.25) is 0 Å². The van der Waals surface area contributed by atoms with E-state index in [0.717, 1.165) is 27.9 Å². The summed E-state index contributed by atoms with van der Waals surface area (Å²) in [6.07, 6.45) is 5.13. The van der Waals surface area contributed by atoms with Gasteiger partial charge in [-0.25, -0.2) is 19.3 Å². The van der Waals surface area contributed by atoms with E-state index < -0.39 is 0 Å². The molecular weight excluding hydrogens is 393 g/mol. The summed E-state index contributed by atoms with van der Waals surface area (Å²) in [4.78, 5) is 21.1. The SMILES string of the molecule is Fc1cccc(-c2ccnc3nc(-c4n[nH]c5ccc(-c6ccncc6)nc45)[nH]c23)c1. The predicted molar refractivity (Wildman–Crippen MR) is 115 cm³/mol. The van der Waals surface area contributed by atoms with E-state index in [1.807, 2.05) is 36.4 Å². The lowest BCUT2D eigenvalue weighted by Gasteiger charge is -2.02. The van der Waals surface area contributed by atoms with Gasteiger partial charge in [-0.1, -0.05) is 12.1 Å². The molecule has 0 unspecified atom stereocenters. The van der Waals surface area contributed by atoms with Gasteiger partial charge in [0, 0.05) is 29.7 Å². The first-order valence-corrected chi connectivity index (χ1v) is 9.63. The van der Waals surface area contributed by atoms with Crippen molar-refractivity contribution in [1.82, 2.24) is 35.1 Å². The second kappa shape index (κ2) is 6.81. The Balaban J connectivity index is 1.52. The summed E-state index contributed by atoms with van der Waals surface area (Å²) in [6.45, 7) is 0. The van der Waals surface area contributed by atoms with E-state index in [1.54, 1.807) is 24.7 Å². The number of hydrogen-bond donors (Lipinski definition) is 2. The van der Waals surface area contributed by atoms with E-state index in [2.05, 4.69) is 30.1 Å². The summed E-state index contributed by atoms with van der Waals surface area (Å²) in [7, 11) is 0. The molecule has 6 aromatic rings. The van der Waals surface area contributed by atoms with Crippen molar-refractivity contribution in [3.8, 4) is 33.9 Å². The number of fused-ring (bicyclic) bond motifs is 2. The number of aromatic amines is 2. The van der Waals surface area contributed by atoms with Gasteiger partial charge in [0.05, 0.1) is 16.7 Å². The Morgan fingerprint density at radius 1 is 0.839 bits per heavy atom. The number of rotatable bonds is 3. The van der Waals surface area contributed by atoms with Gasteiger partial charge in [0.15, 0.2) is 17.2 Å². The van der Waals surface area contributed by atoms with Crippen LogP contribution in [0.5, 0.6) is 0 Å². The molecule has 5 heterocycles. The standard InChI is InChI=1S/C23H14FN7/c24-15-3-1-2-14(12-15)16-8-11-26-22-19(16)28-23(29-22)21-20-18(30-31-21)5-4-17(27-20)13-6-9-25-10-7-13/h1-12H,(H,30,31)(H,26,28,29). The van der Waals surface area contributed by atoms with Crippen LogP contribution in [0.1, 0.15) is 0 Å². The van der Waals surface area contributed by atoms with E-state index in [9.17, 15) is 4.39 Å². The number of H-pyrrole nitrogens is 2. The lowest BCUT2D eigenvalue weighted by atomic mass is 10.1. The molecule has 0 aliphatic rings. The van der Waals surface area contributed by atoms with Crippen LogP contribution >= 0.6 is 0 Å². The van der Waals surface area contributed by atoms with Crippen molar-refractivity contribution in [3.63, 3.8) is 0 Å². The van der Waals surface area contributed by atoms with Gasteiger partial charge in [-0.2, -0.15) is 5.10 Å². The van der Waals surface area contributed by atoms with Crippen molar-refractivity contribution >= 4 is 22.2 Å². The molecule has 31 heavy (non-hydrogen) atoms. The molecule has 5 aromatic heterocycles. The molecule has 8 heteroatoms. The van der Waals surface area contributed by atoms with Crippen LogP contribution in [-0.4, -0.2) is 35.1 Å². The van der Waals surface area contributed by atoms with E-state index in [1.165, 1.54) is 12.1 Å². The molecule has 0 saturated carbocycles. The van der Waals surface area contributed by atoms with Gasteiger partial charge in [-0.15, -0.1) is 0 Å². The first-order valence-electron chi connectivity index (χ1n) is 9.63. The Kier molecular flexibility index (Phi) is 3.82. The molecular formula is C23H14FN7. The monoisotopic (exact) mass is 407 g/mol. The molecule has 0 fully saturated rings. The van der Waals surface area contributed by atoms with E-state index in [0.29, 0.717) is 28.2 Å². The van der Waals surface area contributed by atoms with Crippen molar-refractivity contribution in [2.75, 3.05) is 0 Å². The molecule has 0 atom stereocenters. The summed E-state index contributed by atoms with van der Waals surface area (Å²) in [5.41, 5.74) is 6.65. The zero-order valence-electron chi connectivity index (χ0n) is 16.0. The third-order valence-corrected chi connectivity index (χ3v) is 5.14. The predicted octanol–water partition coefficient (Wildman–Crippen LogP) is 4.76. The maximum absolute atomic E-state index is 13.8. The van der Waals surface area contributed by atoms with Gasteiger partial charge in [0.1, 0.15) is 11.3 Å². The number of pyridine rings is 3. The molecule has 0 aliphatic heterocycles. The van der Waals surface area contributed by atoms with Crippen LogP contribution in [0.15, 0.2) is 73.2 Å². The van der Waals surface area contributed by atoms with Crippen molar-refractivity contribution in [1.29, 1.82) is 0 Å². The number of imidazole rings is 1. The maximum atomic E-state index is 13.8. The fourth-order valence-electron chi connectivity index (χ4n) is 3.67. The van der Waals surface area contributed by atoms with Crippen LogP contribution < -0.4 is 0 Å². The summed E-state index contributed by atoms with van der Waals surface area (Å²) in [5.74, 6) is 0.241. The summed E-state index contributed by atoms with van der Waals surface area (Å²) in [6, 6.07) is 16.0. The molecule has 0 bridgehead atoms. The Morgan fingerprint density at radius 2 is 1.74 bits per heavy atom. The Bertz CT molecular complexity index is 1550. The molecule has 2 N–H and O–H groups in total. The Labute approximate surface area is 175 Å². The van der Waals surface area contributed by atoms with Crippen LogP contribution in [-0.2, 0) is 0 Å². The second-order valence-electron chi connectivity index (χ2n) is 7.05. The summed E-state index contributed by atoms with van der Waals surface area (Å²) >= 11 is 0. The van der Waals surface area contributed by atoms with Crippen LogP contribution in [0, 0.1) is 5.82 Å². The van der Waals surface area contributed by atoms with Gasteiger partial charge in [0.25, 0.3) is 0 Å². The van der Waals surface area contributed by atoms with Crippen LogP contribution in [0.4, 0.5) is 4.39 Å². The average Bonchev–Trinajstić information content (AvgIpc) is 3.43. The Morgan fingerprint density at radius 3 is 2.61 bits per heavy atom. The highest BCUT2D eigenvalue weighted by Gasteiger charge is 2.17. The lowest BCUT2D eigenvalue weighted by Crippen LogP contribution is -1.87. The quantitative estimate of drug-likeness (QED) is 0.441. The van der Waals surface area contributed by atoms with Gasteiger partial charge in [-0.05, 0) is 48.0 Å². The second-order valence-corrected chi connectivity index (χ2v) is 7.05. The smallest absolute Gasteiger partial charge is 0.178 e. The summed E-state index contributed by atoms with van der Waals surface area (Å²) in [5, 5.41) is 7.44. The highest BCUT2D eigenvalue weighted by molar-refractivity contribution is 5.94. The Hall–Kier alpha value is -4.46. The van der Waals surface area contributed by atoms with Crippen LogP contribution in [0.25, 0.3) is 56.1 Å². The molecule has 148 valence electrons. The third kappa shape index (κ3) is 2.93. The maximum Gasteiger partial charge on any atom is 0.178 e. The lowest BCUT2D eigenvalue weighted by molar-refractivity contribution is 0.628. The first kappa shape index (κ1) is 17.4. The largest absolute Gasteiger partial charge is 0.335 e. The molecule has 0 saturated heterocycles. The minimum absolute atomic E-state index is 0.298. The number of nitrogens with one attached hydrogen (secondary N) is 2. The number of aromatic nitrogens is 7. The minimum atomic E-state index is -0.298. The van der Waals surface area contributed by atoms with Crippen molar-refractivity contribution in [2.45, 2.75) is 0 Å². The molecule has 0 radical (unpaired) electrons. The van der Waals surface area contributed by atoms with Crippen LogP contribution in [0.2, 0.25) is 0 Å². The van der Waals surface area contributed by atoms with E-state index in [4.69, 9.17) is 4.98 Å². The molecule has 7 nitrogen and oxygen atoms in total. The van der Waals surface area contributed by atoms with E-state index in [-0.39, 0.29) is 5.82 Å². The van der Waals surface area contributed by atoms with Crippen molar-refractivity contribution in [3.05, 3.63) is 79.0 Å². The highest BCUT2D eigenvalue weighted by Crippen LogP contribution is 2.31. The highest BCUT2D eigenvalue weighted by atomic mass is 19.1.